The number of methoxy groups -OCH3 is 2. The summed E-state index contributed by atoms with van der Waals surface area (Å²) in [5.74, 6) is -0.950. The molecule has 0 saturated heterocycles. The fourth-order valence-electron chi connectivity index (χ4n) is 1.73. The van der Waals surface area contributed by atoms with Crippen LogP contribution in [-0.4, -0.2) is 38.7 Å². The van der Waals surface area contributed by atoms with Gasteiger partial charge in [-0.3, -0.25) is 9.69 Å². The second-order valence-electron chi connectivity index (χ2n) is 4.02. The van der Waals surface area contributed by atoms with Crippen molar-refractivity contribution >= 4 is 40.8 Å². The molecule has 0 bridgehead atoms. The molecule has 0 spiro atoms. The van der Waals surface area contributed by atoms with Crippen molar-refractivity contribution in [3.63, 3.8) is 0 Å². The number of esters is 1. The summed E-state index contributed by atoms with van der Waals surface area (Å²) in [6, 6.07) is 3.80. The first-order valence-electron chi connectivity index (χ1n) is 5.75. The molecule has 0 aromatic heterocycles. The molecule has 1 aromatic carbocycles. The monoisotopic (exact) mass is 319 g/mol. The topological polar surface area (TPSA) is 55.8 Å². The van der Waals surface area contributed by atoms with Crippen LogP contribution < -0.4 is 4.90 Å². The molecule has 0 aliphatic rings. The average molecular weight is 320 g/mol. The van der Waals surface area contributed by atoms with Crippen LogP contribution in [0.5, 0.6) is 0 Å². The molecule has 1 rings (SSSR count). The lowest BCUT2D eigenvalue weighted by molar-refractivity contribution is -0.143. The van der Waals surface area contributed by atoms with Gasteiger partial charge in [-0.1, -0.05) is 23.2 Å². The largest absolute Gasteiger partial charge is 0.467 e. The third-order valence-electron chi connectivity index (χ3n) is 2.59. The van der Waals surface area contributed by atoms with Crippen LogP contribution in [0, 0.1) is 0 Å². The maximum atomic E-state index is 12.1. The lowest BCUT2D eigenvalue weighted by Gasteiger charge is -2.27. The zero-order valence-corrected chi connectivity index (χ0v) is 12.9. The van der Waals surface area contributed by atoms with E-state index >= 15 is 0 Å². The molecule has 5 nitrogen and oxygen atoms in total. The van der Waals surface area contributed by atoms with Crippen molar-refractivity contribution in [3.05, 3.63) is 28.2 Å². The maximum absolute atomic E-state index is 12.1. The Labute approximate surface area is 127 Å². The van der Waals surface area contributed by atoms with Crippen molar-refractivity contribution in [3.8, 4) is 0 Å². The summed E-state index contributed by atoms with van der Waals surface area (Å²) >= 11 is 11.8. The second kappa shape index (κ2) is 7.47. The Balaban J connectivity index is 3.22. The van der Waals surface area contributed by atoms with Crippen molar-refractivity contribution in [1.82, 2.24) is 0 Å². The van der Waals surface area contributed by atoms with Gasteiger partial charge in [0.15, 0.2) is 0 Å². The first-order valence-corrected chi connectivity index (χ1v) is 6.51. The van der Waals surface area contributed by atoms with Crippen LogP contribution in [0.3, 0.4) is 0 Å². The number of hydrogen-bond acceptors (Lipinski definition) is 4. The number of halogens is 2. The smallest absolute Gasteiger partial charge is 0.328 e. The number of rotatable bonds is 5. The van der Waals surface area contributed by atoms with Crippen LogP contribution in [-0.2, 0) is 19.1 Å². The van der Waals surface area contributed by atoms with Gasteiger partial charge in [0.05, 0.1) is 7.11 Å². The normalized spacial score (nSPS) is 11.8. The molecule has 0 N–H and O–H groups in total. The van der Waals surface area contributed by atoms with Gasteiger partial charge in [-0.25, -0.2) is 4.79 Å². The van der Waals surface area contributed by atoms with Crippen LogP contribution in [0.1, 0.15) is 6.92 Å². The van der Waals surface area contributed by atoms with E-state index in [0.29, 0.717) is 15.7 Å². The first kappa shape index (κ1) is 16.8. The van der Waals surface area contributed by atoms with E-state index in [1.807, 2.05) is 0 Å². The minimum absolute atomic E-state index is 0.175. The predicted molar refractivity (Wildman–Crippen MR) is 77.3 cm³/mol. The second-order valence-corrected chi connectivity index (χ2v) is 4.90. The van der Waals surface area contributed by atoms with Gasteiger partial charge in [0, 0.05) is 22.8 Å². The summed E-state index contributed by atoms with van der Waals surface area (Å²) in [5.41, 5.74) is 0.405. The van der Waals surface area contributed by atoms with E-state index in [0.717, 1.165) is 0 Å². The number of nitrogens with zero attached hydrogens (tertiary/aromatic N) is 1. The van der Waals surface area contributed by atoms with Crippen LogP contribution in [0.4, 0.5) is 5.69 Å². The highest BCUT2D eigenvalue weighted by Crippen LogP contribution is 2.27. The van der Waals surface area contributed by atoms with Crippen LogP contribution >= 0.6 is 23.2 Å². The highest BCUT2D eigenvalue weighted by molar-refractivity contribution is 6.35. The Kier molecular flexibility index (Phi) is 6.26. The molecule has 0 aliphatic carbocycles. The minimum Gasteiger partial charge on any atom is -0.467 e. The number of carbonyl (C=O) groups is 2. The molecule has 1 aromatic rings. The third-order valence-corrected chi connectivity index (χ3v) is 3.03. The van der Waals surface area contributed by atoms with Crippen molar-refractivity contribution in [1.29, 1.82) is 0 Å². The van der Waals surface area contributed by atoms with E-state index in [2.05, 4.69) is 4.74 Å². The van der Waals surface area contributed by atoms with Crippen molar-refractivity contribution in [2.75, 3.05) is 25.7 Å². The standard InChI is InChI=1S/C13H15Cl2NO4/c1-8(13(18)20-3)16(12(17)7-19-2)11-5-9(14)4-10(15)6-11/h4-6,8H,7H2,1-3H3. The fourth-order valence-corrected chi connectivity index (χ4v) is 2.25. The lowest BCUT2D eigenvalue weighted by atomic mass is 10.2. The van der Waals surface area contributed by atoms with E-state index in [4.69, 9.17) is 27.9 Å². The van der Waals surface area contributed by atoms with Crippen LogP contribution in [0.15, 0.2) is 18.2 Å². The molecule has 0 heterocycles. The summed E-state index contributed by atoms with van der Waals surface area (Å²) in [4.78, 5) is 25.1. The van der Waals surface area contributed by atoms with E-state index < -0.39 is 17.9 Å². The molecule has 7 heteroatoms. The molecule has 0 radical (unpaired) electrons. The molecule has 110 valence electrons. The van der Waals surface area contributed by atoms with Gasteiger partial charge < -0.3 is 9.47 Å². The Morgan fingerprint density at radius 1 is 1.20 bits per heavy atom. The van der Waals surface area contributed by atoms with E-state index in [9.17, 15) is 9.59 Å². The zero-order chi connectivity index (χ0) is 15.3. The van der Waals surface area contributed by atoms with Gasteiger partial charge in [0.1, 0.15) is 12.6 Å². The molecule has 0 aliphatic heterocycles. The summed E-state index contributed by atoms with van der Waals surface area (Å²) < 4.78 is 9.48. The molecular weight excluding hydrogens is 305 g/mol. The minimum atomic E-state index is -0.822. The van der Waals surface area contributed by atoms with Gasteiger partial charge in [-0.15, -0.1) is 0 Å². The van der Waals surface area contributed by atoms with Gasteiger partial charge in [0.2, 0.25) is 0 Å². The van der Waals surface area contributed by atoms with E-state index in [1.54, 1.807) is 19.1 Å². The molecule has 1 amide bonds. The number of benzene rings is 1. The fraction of sp³-hybridized carbons (Fsp3) is 0.385. The van der Waals surface area contributed by atoms with Gasteiger partial charge in [-0.2, -0.15) is 0 Å². The van der Waals surface area contributed by atoms with Crippen LogP contribution in [0.2, 0.25) is 10.0 Å². The number of amides is 1. The number of hydrogen-bond donors (Lipinski definition) is 0. The summed E-state index contributed by atoms with van der Waals surface area (Å²) in [6.07, 6.45) is 0. The van der Waals surface area contributed by atoms with Gasteiger partial charge in [0.25, 0.3) is 5.91 Å². The van der Waals surface area contributed by atoms with Gasteiger partial charge in [-0.05, 0) is 25.1 Å². The molecule has 20 heavy (non-hydrogen) atoms. The number of ether oxygens (including phenoxy) is 2. The lowest BCUT2D eigenvalue weighted by Crippen LogP contribution is -2.45. The SMILES string of the molecule is COCC(=O)N(c1cc(Cl)cc(Cl)c1)C(C)C(=O)OC. The third kappa shape index (κ3) is 4.10. The Hall–Kier alpha value is -1.30. The van der Waals surface area contributed by atoms with E-state index in [-0.39, 0.29) is 6.61 Å². The van der Waals surface area contributed by atoms with E-state index in [1.165, 1.54) is 25.2 Å². The molecular formula is C13H15Cl2NO4. The highest BCUT2D eigenvalue weighted by Gasteiger charge is 2.28. The molecule has 0 fully saturated rings. The summed E-state index contributed by atoms with van der Waals surface area (Å²) in [5, 5.41) is 0.722. The quantitative estimate of drug-likeness (QED) is 0.782. The Morgan fingerprint density at radius 2 is 1.75 bits per heavy atom. The zero-order valence-electron chi connectivity index (χ0n) is 11.4. The number of carbonyl (C=O) groups excluding carboxylic acids is 2. The van der Waals surface area contributed by atoms with Crippen LogP contribution in [0.25, 0.3) is 0 Å². The summed E-state index contributed by atoms with van der Waals surface area (Å²) in [6.45, 7) is 1.37. The predicted octanol–water partition coefficient (Wildman–Crippen LogP) is 2.53. The first-order chi connectivity index (χ1) is 9.40. The van der Waals surface area contributed by atoms with Crippen molar-refractivity contribution in [2.45, 2.75) is 13.0 Å². The Bertz CT molecular complexity index is 487. The molecule has 1 unspecified atom stereocenters. The Morgan fingerprint density at radius 3 is 2.20 bits per heavy atom. The molecule has 0 saturated carbocycles. The van der Waals surface area contributed by atoms with Crippen molar-refractivity contribution < 1.29 is 19.1 Å². The highest BCUT2D eigenvalue weighted by atomic mass is 35.5. The molecule has 1 atom stereocenters. The van der Waals surface area contributed by atoms with Crippen molar-refractivity contribution in [2.24, 2.45) is 0 Å². The van der Waals surface area contributed by atoms with Gasteiger partial charge >= 0.3 is 5.97 Å². The average Bonchev–Trinajstić information content (AvgIpc) is 2.37. The maximum Gasteiger partial charge on any atom is 0.328 e. The summed E-state index contributed by atoms with van der Waals surface area (Å²) in [7, 11) is 2.65. The number of anilines is 1.